The SMILES string of the molecule is CCCCCCOc1ccccc1C(=O)NC(=S)N(C)c1ccccc1C(=O)NC1CCCCC1. The van der Waals surface area contributed by atoms with Crippen LogP contribution in [0.3, 0.4) is 0 Å². The van der Waals surface area contributed by atoms with Gasteiger partial charge in [0.15, 0.2) is 5.11 Å². The van der Waals surface area contributed by atoms with Crippen LogP contribution >= 0.6 is 12.2 Å². The van der Waals surface area contributed by atoms with Gasteiger partial charge in [0.2, 0.25) is 0 Å². The Morgan fingerprint density at radius 1 is 0.943 bits per heavy atom. The number of carbonyl (C=O) groups is 2. The van der Waals surface area contributed by atoms with Crippen molar-refractivity contribution in [3.05, 3.63) is 59.7 Å². The number of ether oxygens (including phenoxy) is 1. The molecule has 0 aromatic heterocycles. The van der Waals surface area contributed by atoms with Crippen molar-refractivity contribution in [1.82, 2.24) is 10.6 Å². The molecule has 1 fully saturated rings. The summed E-state index contributed by atoms with van der Waals surface area (Å²) in [5.74, 6) is 0.0876. The van der Waals surface area contributed by atoms with Crippen molar-refractivity contribution in [1.29, 1.82) is 0 Å². The minimum absolute atomic E-state index is 0.115. The second kappa shape index (κ2) is 13.8. The van der Waals surface area contributed by atoms with Crippen molar-refractivity contribution in [2.24, 2.45) is 0 Å². The summed E-state index contributed by atoms with van der Waals surface area (Å²) in [7, 11) is 1.76. The maximum atomic E-state index is 13.0. The van der Waals surface area contributed by atoms with Gasteiger partial charge in [-0.3, -0.25) is 14.9 Å². The number of rotatable bonds is 10. The summed E-state index contributed by atoms with van der Waals surface area (Å²) in [4.78, 5) is 27.7. The molecule has 35 heavy (non-hydrogen) atoms. The van der Waals surface area contributed by atoms with E-state index in [4.69, 9.17) is 17.0 Å². The summed E-state index contributed by atoms with van der Waals surface area (Å²) in [5.41, 5.74) is 1.61. The fourth-order valence-electron chi connectivity index (χ4n) is 4.32. The summed E-state index contributed by atoms with van der Waals surface area (Å²) < 4.78 is 5.88. The second-order valence-corrected chi connectivity index (χ2v) is 9.44. The molecule has 2 amide bonds. The molecule has 1 saturated carbocycles. The quantitative estimate of drug-likeness (QED) is 0.319. The summed E-state index contributed by atoms with van der Waals surface area (Å²) >= 11 is 5.54. The number of amides is 2. The summed E-state index contributed by atoms with van der Waals surface area (Å²) in [6.45, 7) is 2.74. The summed E-state index contributed by atoms with van der Waals surface area (Å²) in [6, 6.07) is 14.7. The molecule has 2 N–H and O–H groups in total. The third-order valence-electron chi connectivity index (χ3n) is 6.36. The molecular formula is C28H37N3O3S. The fourth-order valence-corrected chi connectivity index (χ4v) is 4.51. The molecule has 1 aliphatic carbocycles. The van der Waals surface area contributed by atoms with Gasteiger partial charge in [-0.25, -0.2) is 0 Å². The number of nitrogens with zero attached hydrogens (tertiary/aromatic N) is 1. The standard InChI is InChI=1S/C28H37N3O3S/c1-3-4-5-13-20-34-25-19-12-10-17-23(25)27(33)30-28(35)31(2)24-18-11-9-16-22(24)26(32)29-21-14-7-6-8-15-21/h9-12,16-19,21H,3-8,13-15,20H2,1-2H3,(H,29,32)(H,30,33,35). The number of hydrogen-bond donors (Lipinski definition) is 2. The van der Waals surface area contributed by atoms with Crippen molar-refractivity contribution in [2.45, 2.75) is 70.8 Å². The van der Waals surface area contributed by atoms with Gasteiger partial charge >= 0.3 is 0 Å². The van der Waals surface area contributed by atoms with Gasteiger partial charge in [0.05, 0.1) is 23.4 Å². The van der Waals surface area contributed by atoms with Gasteiger partial charge in [-0.05, 0) is 55.7 Å². The number of carbonyl (C=O) groups excluding carboxylic acids is 2. The monoisotopic (exact) mass is 495 g/mol. The van der Waals surface area contributed by atoms with E-state index in [2.05, 4.69) is 17.6 Å². The van der Waals surface area contributed by atoms with Crippen LogP contribution in [0.1, 0.15) is 85.4 Å². The first-order valence-corrected chi connectivity index (χ1v) is 13.1. The third-order valence-corrected chi connectivity index (χ3v) is 6.74. The van der Waals surface area contributed by atoms with Gasteiger partial charge in [0, 0.05) is 13.1 Å². The number of unbranched alkanes of at least 4 members (excludes halogenated alkanes) is 3. The second-order valence-electron chi connectivity index (χ2n) is 9.05. The first kappa shape index (κ1) is 26.7. The van der Waals surface area contributed by atoms with Gasteiger partial charge in [0.1, 0.15) is 5.75 Å². The van der Waals surface area contributed by atoms with E-state index in [1.54, 1.807) is 36.2 Å². The molecule has 2 aromatic carbocycles. The van der Waals surface area contributed by atoms with E-state index >= 15 is 0 Å². The lowest BCUT2D eigenvalue weighted by molar-refractivity contribution is 0.0927. The van der Waals surface area contributed by atoms with E-state index in [0.29, 0.717) is 29.2 Å². The smallest absolute Gasteiger partial charge is 0.261 e. The highest BCUT2D eigenvalue weighted by Gasteiger charge is 2.22. The van der Waals surface area contributed by atoms with Gasteiger partial charge in [-0.15, -0.1) is 0 Å². The Morgan fingerprint density at radius 2 is 1.63 bits per heavy atom. The van der Waals surface area contributed by atoms with Crippen molar-refractivity contribution >= 4 is 34.8 Å². The number of benzene rings is 2. The topological polar surface area (TPSA) is 70.7 Å². The normalized spacial score (nSPS) is 13.7. The van der Waals surface area contributed by atoms with E-state index < -0.39 is 0 Å². The van der Waals surface area contributed by atoms with Crippen molar-refractivity contribution in [3.63, 3.8) is 0 Å². The zero-order valence-corrected chi connectivity index (χ0v) is 21.7. The Balaban J connectivity index is 1.65. The highest BCUT2D eigenvalue weighted by Crippen LogP contribution is 2.23. The Hall–Kier alpha value is -2.93. The van der Waals surface area contributed by atoms with E-state index in [1.165, 1.54) is 12.8 Å². The number of thiocarbonyl (C=S) groups is 1. The molecule has 2 aromatic rings. The zero-order valence-electron chi connectivity index (χ0n) is 20.8. The number of hydrogen-bond acceptors (Lipinski definition) is 4. The largest absolute Gasteiger partial charge is 0.493 e. The molecule has 1 aliphatic rings. The molecule has 0 bridgehead atoms. The third kappa shape index (κ3) is 7.79. The van der Waals surface area contributed by atoms with Crippen LogP contribution in [-0.2, 0) is 0 Å². The minimum Gasteiger partial charge on any atom is -0.493 e. The van der Waals surface area contributed by atoms with Crippen LogP contribution in [0.15, 0.2) is 48.5 Å². The maximum Gasteiger partial charge on any atom is 0.261 e. The van der Waals surface area contributed by atoms with Crippen LogP contribution in [0.2, 0.25) is 0 Å². The molecule has 6 nitrogen and oxygen atoms in total. The molecule has 0 atom stereocenters. The Kier molecular flexibility index (Phi) is 10.5. The highest BCUT2D eigenvalue weighted by molar-refractivity contribution is 7.80. The van der Waals surface area contributed by atoms with Crippen LogP contribution in [0.4, 0.5) is 5.69 Å². The van der Waals surface area contributed by atoms with Crippen LogP contribution in [0.5, 0.6) is 5.75 Å². The average molecular weight is 496 g/mol. The summed E-state index contributed by atoms with van der Waals surface area (Å²) in [5, 5.41) is 6.18. The molecule has 0 saturated heterocycles. The molecule has 0 unspecified atom stereocenters. The van der Waals surface area contributed by atoms with E-state index in [1.807, 2.05) is 24.3 Å². The fraction of sp³-hybridized carbons (Fsp3) is 0.464. The van der Waals surface area contributed by atoms with Gasteiger partial charge in [-0.2, -0.15) is 0 Å². The molecular weight excluding hydrogens is 458 g/mol. The van der Waals surface area contributed by atoms with E-state index in [-0.39, 0.29) is 23.0 Å². The lowest BCUT2D eigenvalue weighted by Gasteiger charge is -2.26. The average Bonchev–Trinajstić information content (AvgIpc) is 2.89. The Labute approximate surface area is 214 Å². The predicted octanol–water partition coefficient (Wildman–Crippen LogP) is 5.86. The summed E-state index contributed by atoms with van der Waals surface area (Å²) in [6.07, 6.45) is 9.93. The Morgan fingerprint density at radius 3 is 2.37 bits per heavy atom. The first-order valence-electron chi connectivity index (χ1n) is 12.7. The van der Waals surface area contributed by atoms with Gasteiger partial charge in [0.25, 0.3) is 11.8 Å². The molecule has 0 aliphatic heterocycles. The minimum atomic E-state index is -0.338. The number of nitrogens with one attached hydrogen (secondary N) is 2. The molecule has 0 spiro atoms. The van der Waals surface area contributed by atoms with Gasteiger partial charge in [-0.1, -0.05) is 69.7 Å². The van der Waals surface area contributed by atoms with E-state index in [0.717, 1.165) is 44.9 Å². The molecule has 188 valence electrons. The van der Waals surface area contributed by atoms with Crippen molar-refractivity contribution in [3.8, 4) is 5.75 Å². The Bertz CT molecular complexity index is 1000. The lowest BCUT2D eigenvalue weighted by Crippen LogP contribution is -2.42. The first-order chi connectivity index (χ1) is 17.0. The van der Waals surface area contributed by atoms with Crippen LogP contribution in [-0.4, -0.2) is 36.6 Å². The molecule has 7 heteroatoms. The maximum absolute atomic E-state index is 13.0. The van der Waals surface area contributed by atoms with Crippen LogP contribution < -0.4 is 20.3 Å². The predicted molar refractivity (Wildman–Crippen MR) is 145 cm³/mol. The van der Waals surface area contributed by atoms with Crippen LogP contribution in [0, 0.1) is 0 Å². The molecule has 3 rings (SSSR count). The molecule has 0 heterocycles. The molecule has 0 radical (unpaired) electrons. The van der Waals surface area contributed by atoms with E-state index in [9.17, 15) is 9.59 Å². The van der Waals surface area contributed by atoms with Crippen molar-refractivity contribution in [2.75, 3.05) is 18.6 Å². The number of anilines is 1. The van der Waals surface area contributed by atoms with Crippen molar-refractivity contribution < 1.29 is 14.3 Å². The zero-order chi connectivity index (χ0) is 25.0. The van der Waals surface area contributed by atoms with Gasteiger partial charge < -0.3 is 15.0 Å². The highest BCUT2D eigenvalue weighted by atomic mass is 32.1. The number of para-hydroxylation sites is 2. The lowest BCUT2D eigenvalue weighted by atomic mass is 9.95. The van der Waals surface area contributed by atoms with Crippen LogP contribution in [0.25, 0.3) is 0 Å².